The van der Waals surface area contributed by atoms with Crippen LogP contribution in [-0.4, -0.2) is 28.5 Å². The van der Waals surface area contributed by atoms with Crippen LogP contribution in [0.2, 0.25) is 0 Å². The first-order valence-electron chi connectivity index (χ1n) is 6.29. The van der Waals surface area contributed by atoms with E-state index in [0.29, 0.717) is 24.6 Å². The van der Waals surface area contributed by atoms with Crippen LogP contribution in [0.25, 0.3) is 11.4 Å². The number of benzene rings is 1. The molecule has 2 aromatic rings. The first kappa shape index (κ1) is 13.5. The molecule has 0 amide bonds. The summed E-state index contributed by atoms with van der Waals surface area (Å²) in [7, 11) is 1.64. The Labute approximate surface area is 112 Å². The van der Waals surface area contributed by atoms with Crippen molar-refractivity contribution in [2.45, 2.75) is 32.8 Å². The predicted octanol–water partition coefficient (Wildman–Crippen LogP) is 2.37. The molecule has 0 fully saturated rings. The highest BCUT2D eigenvalue weighted by molar-refractivity contribution is 5.58. The Morgan fingerprint density at radius 2 is 2.21 bits per heavy atom. The van der Waals surface area contributed by atoms with Crippen molar-refractivity contribution in [1.29, 1.82) is 0 Å². The number of aliphatic hydroxyl groups is 1. The first-order chi connectivity index (χ1) is 9.13. The van der Waals surface area contributed by atoms with Crippen LogP contribution in [0, 0.1) is 6.92 Å². The van der Waals surface area contributed by atoms with E-state index in [1.165, 1.54) is 0 Å². The van der Waals surface area contributed by atoms with Crippen molar-refractivity contribution >= 4 is 0 Å². The van der Waals surface area contributed by atoms with Crippen molar-refractivity contribution in [1.82, 2.24) is 10.1 Å². The van der Waals surface area contributed by atoms with Gasteiger partial charge in [-0.25, -0.2) is 0 Å². The SMILES string of the molecule is CCC(O)Cc1nc(-c2ccc(OC)c(C)c2)no1. The number of rotatable bonds is 5. The number of methoxy groups -OCH3 is 1. The second-order valence-corrected chi connectivity index (χ2v) is 4.46. The number of aliphatic hydroxyl groups excluding tert-OH is 1. The van der Waals surface area contributed by atoms with E-state index < -0.39 is 6.10 Å². The summed E-state index contributed by atoms with van der Waals surface area (Å²) in [6.07, 6.45) is 0.615. The van der Waals surface area contributed by atoms with E-state index in [2.05, 4.69) is 10.1 Å². The van der Waals surface area contributed by atoms with Gasteiger partial charge >= 0.3 is 0 Å². The summed E-state index contributed by atoms with van der Waals surface area (Å²) in [6.45, 7) is 3.87. The summed E-state index contributed by atoms with van der Waals surface area (Å²) in [5.41, 5.74) is 1.89. The Kier molecular flexibility index (Phi) is 4.16. The van der Waals surface area contributed by atoms with Gasteiger partial charge in [-0.1, -0.05) is 12.1 Å². The van der Waals surface area contributed by atoms with Gasteiger partial charge in [0, 0.05) is 5.56 Å². The van der Waals surface area contributed by atoms with Crippen molar-refractivity contribution in [2.75, 3.05) is 7.11 Å². The highest BCUT2D eigenvalue weighted by Gasteiger charge is 2.12. The predicted molar refractivity (Wildman–Crippen MR) is 71.0 cm³/mol. The minimum absolute atomic E-state index is 0.388. The summed E-state index contributed by atoms with van der Waals surface area (Å²) in [4.78, 5) is 4.29. The maximum atomic E-state index is 9.56. The quantitative estimate of drug-likeness (QED) is 0.895. The molecular weight excluding hydrogens is 244 g/mol. The first-order valence-corrected chi connectivity index (χ1v) is 6.29. The molecule has 5 nitrogen and oxygen atoms in total. The van der Waals surface area contributed by atoms with Crippen molar-refractivity contribution in [2.24, 2.45) is 0 Å². The molecule has 1 N–H and O–H groups in total. The lowest BCUT2D eigenvalue weighted by atomic mass is 10.1. The van der Waals surface area contributed by atoms with Gasteiger partial charge in [-0.2, -0.15) is 4.98 Å². The maximum Gasteiger partial charge on any atom is 0.229 e. The molecule has 5 heteroatoms. The molecule has 1 atom stereocenters. The smallest absolute Gasteiger partial charge is 0.229 e. The Balaban J connectivity index is 2.20. The third kappa shape index (κ3) is 3.12. The number of aryl methyl sites for hydroxylation is 1. The molecule has 0 aliphatic heterocycles. The van der Waals surface area contributed by atoms with E-state index in [1.807, 2.05) is 32.0 Å². The Morgan fingerprint density at radius 1 is 1.42 bits per heavy atom. The minimum Gasteiger partial charge on any atom is -0.496 e. The largest absolute Gasteiger partial charge is 0.496 e. The summed E-state index contributed by atoms with van der Waals surface area (Å²) < 4.78 is 10.3. The molecule has 0 saturated heterocycles. The molecule has 1 aromatic carbocycles. The highest BCUT2D eigenvalue weighted by atomic mass is 16.5. The summed E-state index contributed by atoms with van der Waals surface area (Å²) >= 11 is 0. The van der Waals surface area contributed by atoms with Crippen LogP contribution >= 0.6 is 0 Å². The van der Waals surface area contributed by atoms with Gasteiger partial charge in [-0.3, -0.25) is 0 Å². The van der Waals surface area contributed by atoms with Gasteiger partial charge in [0.1, 0.15) is 5.75 Å². The van der Waals surface area contributed by atoms with Crippen molar-refractivity contribution in [3.05, 3.63) is 29.7 Å². The standard InChI is InChI=1S/C14H18N2O3/c1-4-11(17)8-13-15-14(16-19-13)10-5-6-12(18-3)9(2)7-10/h5-7,11,17H,4,8H2,1-3H3. The van der Waals surface area contributed by atoms with E-state index in [0.717, 1.165) is 16.9 Å². The molecule has 1 unspecified atom stereocenters. The Bertz CT molecular complexity index is 551. The van der Waals surface area contributed by atoms with Gasteiger partial charge in [0.2, 0.25) is 11.7 Å². The number of hydrogen-bond acceptors (Lipinski definition) is 5. The molecule has 0 bridgehead atoms. The fraction of sp³-hybridized carbons (Fsp3) is 0.429. The summed E-state index contributed by atoms with van der Waals surface area (Å²) in [5, 5.41) is 13.5. The van der Waals surface area contributed by atoms with E-state index in [4.69, 9.17) is 9.26 Å². The normalized spacial score (nSPS) is 12.4. The molecule has 0 aliphatic carbocycles. The van der Waals surface area contributed by atoms with E-state index in [-0.39, 0.29) is 0 Å². The van der Waals surface area contributed by atoms with Gasteiger partial charge in [-0.15, -0.1) is 0 Å². The van der Waals surface area contributed by atoms with Crippen LogP contribution < -0.4 is 4.74 Å². The van der Waals surface area contributed by atoms with Gasteiger partial charge in [0.05, 0.1) is 19.6 Å². The molecule has 19 heavy (non-hydrogen) atoms. The van der Waals surface area contributed by atoms with E-state index in [9.17, 15) is 5.11 Å². The van der Waals surface area contributed by atoms with Crippen molar-refractivity contribution in [3.63, 3.8) is 0 Å². The topological polar surface area (TPSA) is 68.4 Å². The number of hydrogen-bond donors (Lipinski definition) is 1. The fourth-order valence-electron chi connectivity index (χ4n) is 1.82. The molecule has 0 aliphatic rings. The van der Waals surface area contributed by atoms with Crippen LogP contribution in [0.15, 0.2) is 22.7 Å². The average molecular weight is 262 g/mol. The zero-order valence-electron chi connectivity index (χ0n) is 11.4. The van der Waals surface area contributed by atoms with Crippen LogP contribution in [0.4, 0.5) is 0 Å². The lowest BCUT2D eigenvalue weighted by Gasteiger charge is -2.04. The molecule has 102 valence electrons. The molecule has 1 heterocycles. The second kappa shape index (κ2) is 5.84. The lowest BCUT2D eigenvalue weighted by Crippen LogP contribution is -2.08. The monoisotopic (exact) mass is 262 g/mol. The van der Waals surface area contributed by atoms with Crippen LogP contribution in [0.3, 0.4) is 0 Å². The van der Waals surface area contributed by atoms with Crippen molar-refractivity contribution < 1.29 is 14.4 Å². The number of ether oxygens (including phenoxy) is 1. The molecule has 0 spiro atoms. The molecular formula is C14H18N2O3. The molecule has 0 saturated carbocycles. The van der Waals surface area contributed by atoms with Gasteiger partial charge in [0.15, 0.2) is 0 Å². The van der Waals surface area contributed by atoms with Gasteiger partial charge in [-0.05, 0) is 37.1 Å². The third-order valence-electron chi connectivity index (χ3n) is 3.00. The van der Waals surface area contributed by atoms with Gasteiger partial charge in [0.25, 0.3) is 0 Å². The van der Waals surface area contributed by atoms with Gasteiger partial charge < -0.3 is 14.4 Å². The molecule has 2 rings (SSSR count). The lowest BCUT2D eigenvalue weighted by molar-refractivity contribution is 0.158. The second-order valence-electron chi connectivity index (χ2n) is 4.46. The highest BCUT2D eigenvalue weighted by Crippen LogP contribution is 2.24. The van der Waals surface area contributed by atoms with Crippen LogP contribution in [0.5, 0.6) is 5.75 Å². The Morgan fingerprint density at radius 3 is 2.84 bits per heavy atom. The fourth-order valence-corrected chi connectivity index (χ4v) is 1.82. The van der Waals surface area contributed by atoms with Crippen LogP contribution in [0.1, 0.15) is 24.8 Å². The minimum atomic E-state index is -0.439. The number of aromatic nitrogens is 2. The third-order valence-corrected chi connectivity index (χ3v) is 3.00. The van der Waals surface area contributed by atoms with Crippen LogP contribution in [-0.2, 0) is 6.42 Å². The Hall–Kier alpha value is -1.88. The zero-order chi connectivity index (χ0) is 13.8. The number of nitrogens with zero attached hydrogens (tertiary/aromatic N) is 2. The maximum absolute atomic E-state index is 9.56. The zero-order valence-corrected chi connectivity index (χ0v) is 11.4. The average Bonchev–Trinajstić information content (AvgIpc) is 2.87. The molecule has 0 radical (unpaired) electrons. The summed E-state index contributed by atoms with van der Waals surface area (Å²) in [6, 6.07) is 5.71. The van der Waals surface area contributed by atoms with E-state index in [1.54, 1.807) is 7.11 Å². The van der Waals surface area contributed by atoms with Crippen molar-refractivity contribution in [3.8, 4) is 17.1 Å². The van der Waals surface area contributed by atoms with E-state index >= 15 is 0 Å². The summed E-state index contributed by atoms with van der Waals surface area (Å²) in [5.74, 6) is 1.82. The molecule has 1 aromatic heterocycles.